The van der Waals surface area contributed by atoms with Crippen LogP contribution in [-0.4, -0.2) is 47.5 Å². The molecule has 1 fully saturated rings. The first-order valence-corrected chi connectivity index (χ1v) is 6.04. The van der Waals surface area contributed by atoms with Crippen LogP contribution < -0.4 is 0 Å². The van der Waals surface area contributed by atoms with Gasteiger partial charge in [-0.1, -0.05) is 0 Å². The Morgan fingerprint density at radius 2 is 2.00 bits per heavy atom. The first-order valence-electron chi connectivity index (χ1n) is 6.04. The summed E-state index contributed by atoms with van der Waals surface area (Å²) < 4.78 is 4.69. The Hall–Kier alpha value is -1.59. The van der Waals surface area contributed by atoms with Crippen molar-refractivity contribution >= 4 is 17.8 Å². The van der Waals surface area contributed by atoms with Crippen LogP contribution in [-0.2, 0) is 19.1 Å². The molecule has 0 aromatic rings. The number of amides is 1. The third kappa shape index (κ3) is 3.72. The Labute approximate surface area is 106 Å². The normalized spacial score (nSPS) is 23.6. The maximum Gasteiger partial charge on any atom is 0.308 e. The van der Waals surface area contributed by atoms with E-state index in [1.165, 1.54) is 7.11 Å². The number of hydrogen-bond acceptors (Lipinski definition) is 4. The Morgan fingerprint density at radius 3 is 2.50 bits per heavy atom. The van der Waals surface area contributed by atoms with E-state index in [0.717, 1.165) is 0 Å². The number of methoxy groups -OCH3 is 1. The molecule has 18 heavy (non-hydrogen) atoms. The van der Waals surface area contributed by atoms with Crippen molar-refractivity contribution in [1.29, 1.82) is 0 Å². The first kappa shape index (κ1) is 14.5. The lowest BCUT2D eigenvalue weighted by atomic mass is 9.91. The van der Waals surface area contributed by atoms with Gasteiger partial charge in [0.25, 0.3) is 0 Å². The Balaban J connectivity index is 2.49. The molecule has 1 N–H and O–H groups in total. The predicted octanol–water partition coefficient (Wildman–Crippen LogP) is 0.651. The smallest absolute Gasteiger partial charge is 0.308 e. The fourth-order valence-corrected chi connectivity index (χ4v) is 2.28. The Kier molecular flexibility index (Phi) is 5.12. The summed E-state index contributed by atoms with van der Waals surface area (Å²) in [5.74, 6) is -1.53. The SMILES string of the molecule is COC(=O)[C@@H]1CCN(C(=O)CCC(=O)O)[C@H](C)C1. The van der Waals surface area contributed by atoms with Crippen molar-refractivity contribution in [2.24, 2.45) is 5.92 Å². The Bertz CT molecular complexity index is 341. The average Bonchev–Trinajstić information content (AvgIpc) is 2.34. The van der Waals surface area contributed by atoms with E-state index in [1.54, 1.807) is 4.90 Å². The molecular weight excluding hydrogens is 238 g/mol. The van der Waals surface area contributed by atoms with Crippen molar-refractivity contribution < 1.29 is 24.2 Å². The van der Waals surface area contributed by atoms with Crippen LogP contribution in [0.2, 0.25) is 0 Å². The number of carboxylic acids is 1. The lowest BCUT2D eigenvalue weighted by Crippen LogP contribution is -2.46. The van der Waals surface area contributed by atoms with Crippen LogP contribution in [0.5, 0.6) is 0 Å². The molecule has 1 heterocycles. The lowest BCUT2D eigenvalue weighted by molar-refractivity contribution is -0.150. The average molecular weight is 257 g/mol. The molecule has 0 radical (unpaired) electrons. The summed E-state index contributed by atoms with van der Waals surface area (Å²) >= 11 is 0. The predicted molar refractivity (Wildman–Crippen MR) is 62.8 cm³/mol. The first-order chi connectivity index (χ1) is 8.45. The fraction of sp³-hybridized carbons (Fsp3) is 0.750. The van der Waals surface area contributed by atoms with Gasteiger partial charge in [-0.15, -0.1) is 0 Å². The van der Waals surface area contributed by atoms with Crippen molar-refractivity contribution in [1.82, 2.24) is 4.90 Å². The van der Waals surface area contributed by atoms with Crippen LogP contribution in [0.25, 0.3) is 0 Å². The minimum Gasteiger partial charge on any atom is -0.481 e. The molecule has 1 aliphatic heterocycles. The summed E-state index contributed by atoms with van der Waals surface area (Å²) in [4.78, 5) is 35.3. The lowest BCUT2D eigenvalue weighted by Gasteiger charge is -2.36. The second-order valence-electron chi connectivity index (χ2n) is 4.57. The maximum atomic E-state index is 11.8. The van der Waals surface area contributed by atoms with E-state index in [2.05, 4.69) is 0 Å². The van der Waals surface area contributed by atoms with E-state index in [9.17, 15) is 14.4 Å². The highest BCUT2D eigenvalue weighted by Crippen LogP contribution is 2.24. The molecule has 102 valence electrons. The summed E-state index contributed by atoms with van der Waals surface area (Å²) in [6.07, 6.45) is 1.02. The summed E-state index contributed by atoms with van der Waals surface area (Å²) in [7, 11) is 1.36. The molecule has 1 saturated heterocycles. The quantitative estimate of drug-likeness (QED) is 0.747. The van der Waals surface area contributed by atoms with Crippen LogP contribution >= 0.6 is 0 Å². The third-order valence-electron chi connectivity index (χ3n) is 3.28. The van der Waals surface area contributed by atoms with Crippen molar-refractivity contribution in [2.75, 3.05) is 13.7 Å². The van der Waals surface area contributed by atoms with Gasteiger partial charge in [0.15, 0.2) is 0 Å². The standard InChI is InChI=1S/C12H19NO5/c1-8-7-9(12(17)18-2)5-6-13(8)10(14)3-4-11(15)16/h8-9H,3-7H2,1-2H3,(H,15,16)/t8-,9-/m1/s1. The van der Waals surface area contributed by atoms with Gasteiger partial charge in [-0.25, -0.2) is 0 Å². The van der Waals surface area contributed by atoms with Gasteiger partial charge in [0.1, 0.15) is 0 Å². The third-order valence-corrected chi connectivity index (χ3v) is 3.28. The van der Waals surface area contributed by atoms with Gasteiger partial charge in [-0.05, 0) is 19.8 Å². The molecule has 6 nitrogen and oxygen atoms in total. The maximum absolute atomic E-state index is 11.8. The van der Waals surface area contributed by atoms with Crippen molar-refractivity contribution in [3.8, 4) is 0 Å². The van der Waals surface area contributed by atoms with E-state index in [-0.39, 0.29) is 36.7 Å². The molecule has 0 aliphatic carbocycles. The molecule has 1 amide bonds. The van der Waals surface area contributed by atoms with E-state index in [4.69, 9.17) is 9.84 Å². The van der Waals surface area contributed by atoms with Gasteiger partial charge < -0.3 is 14.7 Å². The van der Waals surface area contributed by atoms with E-state index in [0.29, 0.717) is 19.4 Å². The molecule has 2 atom stereocenters. The van der Waals surface area contributed by atoms with Crippen LogP contribution in [0.3, 0.4) is 0 Å². The molecular formula is C12H19NO5. The minimum atomic E-state index is -0.972. The number of likely N-dealkylation sites (tertiary alicyclic amines) is 1. The number of aliphatic carboxylic acids is 1. The monoisotopic (exact) mass is 257 g/mol. The summed E-state index contributed by atoms with van der Waals surface area (Å²) in [5, 5.41) is 8.54. The van der Waals surface area contributed by atoms with Crippen molar-refractivity contribution in [3.63, 3.8) is 0 Å². The van der Waals surface area contributed by atoms with Crippen LogP contribution in [0, 0.1) is 5.92 Å². The molecule has 6 heteroatoms. The number of hydrogen-bond donors (Lipinski definition) is 1. The van der Waals surface area contributed by atoms with Crippen LogP contribution in [0.4, 0.5) is 0 Å². The molecule has 0 unspecified atom stereocenters. The second kappa shape index (κ2) is 6.37. The highest BCUT2D eigenvalue weighted by Gasteiger charge is 2.32. The van der Waals surface area contributed by atoms with E-state index >= 15 is 0 Å². The number of esters is 1. The number of carbonyl (C=O) groups is 3. The zero-order valence-corrected chi connectivity index (χ0v) is 10.7. The van der Waals surface area contributed by atoms with Crippen molar-refractivity contribution in [3.05, 3.63) is 0 Å². The number of ether oxygens (including phenoxy) is 1. The molecule has 0 bridgehead atoms. The number of carbonyl (C=O) groups excluding carboxylic acids is 2. The van der Waals surface area contributed by atoms with Gasteiger partial charge in [0.2, 0.25) is 5.91 Å². The molecule has 0 aromatic carbocycles. The largest absolute Gasteiger partial charge is 0.481 e. The van der Waals surface area contributed by atoms with Crippen molar-refractivity contribution in [2.45, 2.75) is 38.6 Å². The van der Waals surface area contributed by atoms with E-state index < -0.39 is 5.97 Å². The van der Waals surface area contributed by atoms with E-state index in [1.807, 2.05) is 6.92 Å². The number of nitrogens with zero attached hydrogens (tertiary/aromatic N) is 1. The highest BCUT2D eigenvalue weighted by atomic mass is 16.5. The van der Waals surface area contributed by atoms with Crippen LogP contribution in [0.15, 0.2) is 0 Å². The summed E-state index contributed by atoms with van der Waals surface area (Å²) in [6.45, 7) is 2.35. The summed E-state index contributed by atoms with van der Waals surface area (Å²) in [5.41, 5.74) is 0. The molecule has 0 saturated carbocycles. The van der Waals surface area contributed by atoms with Gasteiger partial charge in [-0.3, -0.25) is 14.4 Å². The highest BCUT2D eigenvalue weighted by molar-refractivity contribution is 5.81. The van der Waals surface area contributed by atoms with Crippen LogP contribution in [0.1, 0.15) is 32.6 Å². The molecule has 1 aliphatic rings. The van der Waals surface area contributed by atoms with Gasteiger partial charge in [0.05, 0.1) is 19.4 Å². The van der Waals surface area contributed by atoms with Gasteiger partial charge in [-0.2, -0.15) is 0 Å². The molecule has 1 rings (SSSR count). The topological polar surface area (TPSA) is 83.9 Å². The zero-order chi connectivity index (χ0) is 13.7. The minimum absolute atomic E-state index is 0.0164. The number of rotatable bonds is 4. The molecule has 0 aromatic heterocycles. The number of carboxylic acid groups (broad SMARTS) is 1. The summed E-state index contributed by atoms with van der Waals surface area (Å²) in [6, 6.07) is -0.0517. The number of piperidine rings is 1. The molecule has 0 spiro atoms. The van der Waals surface area contributed by atoms with Gasteiger partial charge in [0, 0.05) is 19.0 Å². The zero-order valence-electron chi connectivity index (χ0n) is 10.7. The fourth-order valence-electron chi connectivity index (χ4n) is 2.28. The van der Waals surface area contributed by atoms with Gasteiger partial charge >= 0.3 is 11.9 Å². The Morgan fingerprint density at radius 1 is 1.33 bits per heavy atom. The second-order valence-corrected chi connectivity index (χ2v) is 4.57.